The summed E-state index contributed by atoms with van der Waals surface area (Å²) in [5.74, 6) is -6.26. The number of benzene rings is 2. The Bertz CT molecular complexity index is 1080. The first-order chi connectivity index (χ1) is 13.8. The summed E-state index contributed by atoms with van der Waals surface area (Å²) >= 11 is 6.05. The van der Waals surface area contributed by atoms with Crippen LogP contribution in [0.3, 0.4) is 0 Å². The van der Waals surface area contributed by atoms with Crippen molar-refractivity contribution in [2.24, 2.45) is 0 Å². The molecule has 0 radical (unpaired) electrons. The van der Waals surface area contributed by atoms with E-state index in [4.69, 9.17) is 11.6 Å². The van der Waals surface area contributed by atoms with Gasteiger partial charge in [-0.15, -0.1) is 0 Å². The van der Waals surface area contributed by atoms with Crippen LogP contribution in [0, 0.1) is 17.7 Å². The molecule has 3 aromatic rings. The van der Waals surface area contributed by atoms with Crippen molar-refractivity contribution >= 4 is 29.1 Å². The number of halogens is 4. The Morgan fingerprint density at radius 3 is 2.38 bits per heavy atom. The second-order valence-electron chi connectivity index (χ2n) is 5.91. The monoisotopic (exact) mass is 419 g/mol. The van der Waals surface area contributed by atoms with Crippen molar-refractivity contribution in [2.45, 2.75) is 6.54 Å². The van der Waals surface area contributed by atoms with E-state index in [1.165, 1.54) is 18.2 Å². The second kappa shape index (κ2) is 8.74. The van der Waals surface area contributed by atoms with Crippen molar-refractivity contribution < 1.29 is 22.8 Å². The Kier molecular flexibility index (Phi) is 6.13. The van der Waals surface area contributed by atoms with Gasteiger partial charge >= 0.3 is 0 Å². The Hall–Kier alpha value is -3.39. The van der Waals surface area contributed by atoms with Crippen LogP contribution in [-0.2, 0) is 6.54 Å². The molecule has 0 atom stereocenters. The lowest BCUT2D eigenvalue weighted by Crippen LogP contribution is -2.23. The van der Waals surface area contributed by atoms with E-state index in [1.54, 1.807) is 0 Å². The van der Waals surface area contributed by atoms with Crippen LogP contribution in [0.2, 0.25) is 5.02 Å². The predicted molar refractivity (Wildman–Crippen MR) is 101 cm³/mol. The van der Waals surface area contributed by atoms with E-state index in [1.807, 2.05) is 30.3 Å². The number of anilines is 1. The molecule has 0 aliphatic carbocycles. The van der Waals surface area contributed by atoms with Gasteiger partial charge in [0.2, 0.25) is 5.95 Å². The van der Waals surface area contributed by atoms with Gasteiger partial charge < -0.3 is 10.6 Å². The zero-order valence-electron chi connectivity index (χ0n) is 14.7. The third-order valence-electron chi connectivity index (χ3n) is 3.90. The number of hydrogen-bond donors (Lipinski definition) is 2. The third-order valence-corrected chi connectivity index (χ3v) is 4.22. The van der Waals surface area contributed by atoms with Gasteiger partial charge in [0, 0.05) is 18.3 Å². The minimum Gasteiger partial charge on any atom is -0.348 e. The van der Waals surface area contributed by atoms with Crippen LogP contribution in [0.4, 0.5) is 18.9 Å². The molecule has 1 heterocycles. The van der Waals surface area contributed by atoms with E-state index in [0.29, 0.717) is 6.07 Å². The summed E-state index contributed by atoms with van der Waals surface area (Å²) in [7, 11) is 0. The van der Waals surface area contributed by atoms with Crippen LogP contribution in [0.25, 0.3) is 0 Å². The lowest BCUT2D eigenvalue weighted by Gasteiger charge is -2.11. The average molecular weight is 420 g/mol. The highest BCUT2D eigenvalue weighted by Gasteiger charge is 2.20. The highest BCUT2D eigenvalue weighted by molar-refractivity contribution is 6.34. The fourth-order valence-corrected chi connectivity index (χ4v) is 2.69. The van der Waals surface area contributed by atoms with E-state index in [-0.39, 0.29) is 22.8 Å². The summed E-state index contributed by atoms with van der Waals surface area (Å²) in [4.78, 5) is 27.2. The largest absolute Gasteiger partial charge is 0.348 e. The summed E-state index contributed by atoms with van der Waals surface area (Å²) in [6.07, 6.45) is 0. The van der Waals surface area contributed by atoms with Gasteiger partial charge in [-0.3, -0.25) is 9.59 Å². The first-order valence-corrected chi connectivity index (χ1v) is 8.67. The summed E-state index contributed by atoms with van der Waals surface area (Å²) in [6.45, 7) is 0.257. The van der Waals surface area contributed by atoms with E-state index >= 15 is 0 Å². The number of aromatic nitrogens is 1. The Morgan fingerprint density at radius 2 is 1.66 bits per heavy atom. The van der Waals surface area contributed by atoms with Gasteiger partial charge in [-0.1, -0.05) is 41.9 Å². The van der Waals surface area contributed by atoms with Crippen molar-refractivity contribution in [3.63, 3.8) is 0 Å². The maximum absolute atomic E-state index is 13.7. The summed E-state index contributed by atoms with van der Waals surface area (Å²) in [5, 5.41) is 5.09. The van der Waals surface area contributed by atoms with Crippen LogP contribution in [0.15, 0.2) is 54.6 Å². The molecule has 5 nitrogen and oxygen atoms in total. The minimum absolute atomic E-state index is 0.0629. The lowest BCUT2D eigenvalue weighted by atomic mass is 10.1. The zero-order valence-corrected chi connectivity index (χ0v) is 15.4. The fraction of sp³-hybridized carbons (Fsp3) is 0.0500. The van der Waals surface area contributed by atoms with Gasteiger partial charge in [0.05, 0.1) is 16.1 Å². The third kappa shape index (κ3) is 4.91. The van der Waals surface area contributed by atoms with Gasteiger partial charge in [-0.05, 0) is 23.8 Å². The first kappa shape index (κ1) is 20.3. The quantitative estimate of drug-likeness (QED) is 0.604. The standard InChI is InChI=1S/C20H13ClF3N3O2/c21-15-7-6-12(26-20(29)14-9-16(22)27-18(24)17(14)23)8-13(15)19(28)25-10-11-4-2-1-3-5-11/h1-9H,10H2,(H,25,28)(H,26,29). The van der Waals surface area contributed by atoms with Gasteiger partial charge in [-0.2, -0.15) is 13.8 Å². The maximum Gasteiger partial charge on any atom is 0.258 e. The average Bonchev–Trinajstić information content (AvgIpc) is 2.71. The molecule has 1 aromatic heterocycles. The smallest absolute Gasteiger partial charge is 0.258 e. The molecule has 29 heavy (non-hydrogen) atoms. The fourth-order valence-electron chi connectivity index (χ4n) is 2.48. The van der Waals surface area contributed by atoms with Gasteiger partial charge in [0.15, 0.2) is 5.82 Å². The van der Waals surface area contributed by atoms with E-state index in [9.17, 15) is 22.8 Å². The predicted octanol–water partition coefficient (Wildman–Crippen LogP) is 4.33. The Balaban J connectivity index is 1.76. The maximum atomic E-state index is 13.7. The Labute approximate surface area is 168 Å². The van der Waals surface area contributed by atoms with E-state index < -0.39 is 35.1 Å². The van der Waals surface area contributed by atoms with Gasteiger partial charge in [0.25, 0.3) is 17.8 Å². The SMILES string of the molecule is O=C(NCc1ccccc1)c1cc(NC(=O)c2cc(F)nc(F)c2F)ccc1Cl. The molecule has 0 saturated heterocycles. The molecule has 9 heteroatoms. The van der Waals surface area contributed by atoms with Crippen LogP contribution >= 0.6 is 11.6 Å². The topological polar surface area (TPSA) is 71.1 Å². The number of pyridine rings is 1. The molecule has 2 aromatic carbocycles. The second-order valence-corrected chi connectivity index (χ2v) is 6.32. The number of hydrogen-bond acceptors (Lipinski definition) is 3. The van der Waals surface area contributed by atoms with Crippen molar-refractivity contribution in [3.05, 3.63) is 94.0 Å². The number of carbonyl (C=O) groups excluding carboxylic acids is 2. The molecule has 148 valence electrons. The summed E-state index contributed by atoms with van der Waals surface area (Å²) < 4.78 is 40.1. The van der Waals surface area contributed by atoms with Crippen LogP contribution in [0.1, 0.15) is 26.3 Å². The molecular weight excluding hydrogens is 407 g/mol. The van der Waals surface area contributed by atoms with Gasteiger partial charge in [0.1, 0.15) is 0 Å². The summed E-state index contributed by atoms with van der Waals surface area (Å²) in [6, 6.07) is 13.6. The molecule has 2 N–H and O–H groups in total. The van der Waals surface area contributed by atoms with Crippen LogP contribution < -0.4 is 10.6 Å². The molecule has 0 aliphatic heterocycles. The van der Waals surface area contributed by atoms with Crippen LogP contribution in [0.5, 0.6) is 0 Å². The zero-order chi connectivity index (χ0) is 21.0. The molecule has 0 unspecified atom stereocenters. The highest BCUT2D eigenvalue weighted by Crippen LogP contribution is 2.22. The molecule has 0 aliphatic rings. The number of nitrogens with zero attached hydrogens (tertiary/aromatic N) is 1. The van der Waals surface area contributed by atoms with E-state index in [2.05, 4.69) is 15.6 Å². The Morgan fingerprint density at radius 1 is 0.931 bits per heavy atom. The molecule has 2 amide bonds. The summed E-state index contributed by atoms with van der Waals surface area (Å²) in [5.41, 5.74) is 0.160. The number of amides is 2. The molecule has 3 rings (SSSR count). The molecule has 0 spiro atoms. The normalized spacial score (nSPS) is 10.5. The van der Waals surface area contributed by atoms with Crippen LogP contribution in [-0.4, -0.2) is 16.8 Å². The van der Waals surface area contributed by atoms with Crippen molar-refractivity contribution in [1.82, 2.24) is 10.3 Å². The van der Waals surface area contributed by atoms with Crippen molar-refractivity contribution in [2.75, 3.05) is 5.32 Å². The first-order valence-electron chi connectivity index (χ1n) is 8.29. The van der Waals surface area contributed by atoms with E-state index in [0.717, 1.165) is 5.56 Å². The number of nitrogens with one attached hydrogen (secondary N) is 2. The number of carbonyl (C=O) groups is 2. The van der Waals surface area contributed by atoms with Crippen molar-refractivity contribution in [3.8, 4) is 0 Å². The molecule has 0 fully saturated rings. The highest BCUT2D eigenvalue weighted by atomic mass is 35.5. The van der Waals surface area contributed by atoms with Gasteiger partial charge in [-0.25, -0.2) is 4.39 Å². The molecule has 0 saturated carbocycles. The minimum atomic E-state index is -1.73. The van der Waals surface area contributed by atoms with Crippen molar-refractivity contribution in [1.29, 1.82) is 0 Å². The number of rotatable bonds is 5. The molecule has 0 bridgehead atoms. The molecular formula is C20H13ClF3N3O2. The lowest BCUT2D eigenvalue weighted by molar-refractivity contribution is 0.0949.